The maximum atomic E-state index is 11.6. The first-order valence-corrected chi connectivity index (χ1v) is 9.44. The highest BCUT2D eigenvalue weighted by molar-refractivity contribution is 8.18. The van der Waals surface area contributed by atoms with Crippen LogP contribution in [0.5, 0.6) is 5.75 Å². The van der Waals surface area contributed by atoms with Crippen molar-refractivity contribution in [1.82, 2.24) is 5.32 Å². The quantitative estimate of drug-likeness (QED) is 0.652. The number of hydrogen-bond acceptors (Lipinski definition) is 4. The summed E-state index contributed by atoms with van der Waals surface area (Å²) in [4.78, 5) is 23.2. The van der Waals surface area contributed by atoms with Crippen LogP contribution >= 0.6 is 11.8 Å². The fourth-order valence-corrected chi connectivity index (χ4v) is 3.60. The van der Waals surface area contributed by atoms with Crippen molar-refractivity contribution < 1.29 is 14.3 Å². The molecule has 0 aliphatic carbocycles. The van der Waals surface area contributed by atoms with Crippen LogP contribution in [0.3, 0.4) is 0 Å². The van der Waals surface area contributed by atoms with E-state index in [9.17, 15) is 9.59 Å². The van der Waals surface area contributed by atoms with Gasteiger partial charge in [-0.05, 0) is 51.9 Å². The minimum absolute atomic E-state index is 0.333. The van der Waals surface area contributed by atoms with Gasteiger partial charge in [0.2, 0.25) is 0 Å². The first-order chi connectivity index (χ1) is 13.2. The number of rotatable bonds is 5. The zero-order chi connectivity index (χ0) is 18.6. The third-order valence-corrected chi connectivity index (χ3v) is 5.10. The molecule has 4 nitrogen and oxygen atoms in total. The molecule has 4 rings (SSSR count). The SMILES string of the molecule is O=C1NC(=O)/C(=C/c2ccc(OCCc3ccc4ccccc4c3)cc2)S1. The monoisotopic (exact) mass is 375 g/mol. The van der Waals surface area contributed by atoms with Gasteiger partial charge in [0.25, 0.3) is 11.1 Å². The molecule has 0 spiro atoms. The van der Waals surface area contributed by atoms with Gasteiger partial charge in [0.1, 0.15) is 5.75 Å². The van der Waals surface area contributed by atoms with Crippen molar-refractivity contribution >= 4 is 39.8 Å². The van der Waals surface area contributed by atoms with E-state index in [0.29, 0.717) is 11.5 Å². The molecule has 1 aliphatic heterocycles. The lowest BCUT2D eigenvalue weighted by Crippen LogP contribution is -2.17. The van der Waals surface area contributed by atoms with Gasteiger partial charge in [0.15, 0.2) is 0 Å². The van der Waals surface area contributed by atoms with Crippen molar-refractivity contribution in [3.8, 4) is 5.75 Å². The summed E-state index contributed by atoms with van der Waals surface area (Å²) in [7, 11) is 0. The summed E-state index contributed by atoms with van der Waals surface area (Å²) in [6.07, 6.45) is 2.53. The average molecular weight is 375 g/mol. The fraction of sp³-hybridized carbons (Fsp3) is 0.0909. The van der Waals surface area contributed by atoms with E-state index in [1.54, 1.807) is 6.08 Å². The van der Waals surface area contributed by atoms with E-state index >= 15 is 0 Å². The van der Waals surface area contributed by atoms with Crippen LogP contribution in [0.1, 0.15) is 11.1 Å². The largest absolute Gasteiger partial charge is 0.493 e. The standard InChI is InChI=1S/C22H17NO3S/c24-21-20(27-22(25)23-21)14-15-6-9-19(10-7-15)26-12-11-16-5-8-17-3-1-2-4-18(17)13-16/h1-10,13-14H,11-12H2,(H,23,24,25)/b20-14-. The van der Waals surface area contributed by atoms with E-state index in [1.807, 2.05) is 36.4 Å². The van der Waals surface area contributed by atoms with Crippen molar-refractivity contribution in [2.45, 2.75) is 6.42 Å². The highest BCUT2D eigenvalue weighted by Gasteiger charge is 2.24. The molecular formula is C22H17NO3S. The summed E-state index contributed by atoms with van der Waals surface area (Å²) in [5.74, 6) is 0.429. The molecule has 3 aromatic carbocycles. The summed E-state index contributed by atoms with van der Waals surface area (Å²) in [5, 5.41) is 4.39. The van der Waals surface area contributed by atoms with Gasteiger partial charge in [-0.25, -0.2) is 0 Å². The number of amides is 2. The minimum atomic E-state index is -0.347. The first kappa shape index (κ1) is 17.4. The number of thioether (sulfide) groups is 1. The van der Waals surface area contributed by atoms with Crippen molar-refractivity contribution in [2.24, 2.45) is 0 Å². The number of imide groups is 1. The van der Waals surface area contributed by atoms with Gasteiger partial charge >= 0.3 is 0 Å². The molecule has 0 aromatic heterocycles. The molecule has 1 N–H and O–H groups in total. The van der Waals surface area contributed by atoms with E-state index in [4.69, 9.17) is 4.74 Å². The molecule has 5 heteroatoms. The fourth-order valence-electron chi connectivity index (χ4n) is 2.91. The van der Waals surface area contributed by atoms with Gasteiger partial charge in [-0.2, -0.15) is 0 Å². The third-order valence-electron chi connectivity index (χ3n) is 4.29. The first-order valence-electron chi connectivity index (χ1n) is 8.63. The van der Waals surface area contributed by atoms with Crippen LogP contribution in [0.15, 0.2) is 71.6 Å². The van der Waals surface area contributed by atoms with E-state index < -0.39 is 0 Å². The van der Waals surface area contributed by atoms with Crippen molar-refractivity contribution in [3.63, 3.8) is 0 Å². The second-order valence-electron chi connectivity index (χ2n) is 6.20. The molecule has 0 saturated carbocycles. The lowest BCUT2D eigenvalue weighted by atomic mass is 10.1. The Bertz CT molecular complexity index is 1040. The van der Waals surface area contributed by atoms with E-state index in [1.165, 1.54) is 16.3 Å². The van der Waals surface area contributed by atoms with Crippen LogP contribution in [0, 0.1) is 0 Å². The lowest BCUT2D eigenvalue weighted by Gasteiger charge is -2.07. The normalized spacial score (nSPS) is 15.3. The van der Waals surface area contributed by atoms with Gasteiger partial charge in [0, 0.05) is 6.42 Å². The summed E-state index contributed by atoms with van der Waals surface area (Å²) < 4.78 is 5.83. The van der Waals surface area contributed by atoms with Gasteiger partial charge < -0.3 is 4.74 Å². The second-order valence-corrected chi connectivity index (χ2v) is 7.22. The molecule has 1 saturated heterocycles. The number of carbonyl (C=O) groups excluding carboxylic acids is 2. The molecule has 1 aliphatic rings. The predicted molar refractivity (Wildman–Crippen MR) is 109 cm³/mol. The van der Waals surface area contributed by atoms with Gasteiger partial charge in [-0.15, -0.1) is 0 Å². The molecule has 0 unspecified atom stereocenters. The molecular weight excluding hydrogens is 358 g/mol. The second kappa shape index (κ2) is 7.68. The van der Waals surface area contributed by atoms with E-state index in [0.717, 1.165) is 29.5 Å². The number of ether oxygens (including phenoxy) is 1. The van der Waals surface area contributed by atoms with Crippen LogP contribution in [-0.2, 0) is 11.2 Å². The minimum Gasteiger partial charge on any atom is -0.493 e. The maximum absolute atomic E-state index is 11.6. The highest BCUT2D eigenvalue weighted by Crippen LogP contribution is 2.26. The van der Waals surface area contributed by atoms with Crippen LogP contribution < -0.4 is 10.1 Å². The number of hydrogen-bond donors (Lipinski definition) is 1. The van der Waals surface area contributed by atoms with Crippen molar-refractivity contribution in [3.05, 3.63) is 82.8 Å². The molecule has 1 fully saturated rings. The Hall–Kier alpha value is -3.05. The van der Waals surface area contributed by atoms with Crippen LogP contribution in [0.2, 0.25) is 0 Å². The van der Waals surface area contributed by atoms with E-state index in [2.05, 4.69) is 35.6 Å². The Morgan fingerprint density at radius 2 is 1.70 bits per heavy atom. The lowest BCUT2D eigenvalue weighted by molar-refractivity contribution is -0.115. The smallest absolute Gasteiger partial charge is 0.290 e. The van der Waals surface area contributed by atoms with Gasteiger partial charge in [0.05, 0.1) is 11.5 Å². The Balaban J connectivity index is 1.35. The van der Waals surface area contributed by atoms with Crippen LogP contribution in [-0.4, -0.2) is 17.8 Å². The number of benzene rings is 3. The topological polar surface area (TPSA) is 55.4 Å². The molecule has 0 bridgehead atoms. The van der Waals surface area contributed by atoms with Gasteiger partial charge in [-0.3, -0.25) is 14.9 Å². The van der Waals surface area contributed by atoms with Crippen LogP contribution in [0.4, 0.5) is 4.79 Å². The predicted octanol–water partition coefficient (Wildman–Crippen LogP) is 4.79. The Morgan fingerprint density at radius 3 is 2.44 bits per heavy atom. The summed E-state index contributed by atoms with van der Waals surface area (Å²) in [6.45, 7) is 0.589. The third kappa shape index (κ3) is 4.20. The Labute approximate surface area is 161 Å². The number of carbonyl (C=O) groups is 2. The molecule has 1 heterocycles. The molecule has 134 valence electrons. The van der Waals surface area contributed by atoms with E-state index in [-0.39, 0.29) is 11.1 Å². The summed E-state index contributed by atoms with van der Waals surface area (Å²) >= 11 is 0.915. The highest BCUT2D eigenvalue weighted by atomic mass is 32.2. The Morgan fingerprint density at radius 1 is 0.926 bits per heavy atom. The molecule has 3 aromatic rings. The van der Waals surface area contributed by atoms with Crippen molar-refractivity contribution in [1.29, 1.82) is 0 Å². The molecule has 2 amide bonds. The number of nitrogens with one attached hydrogen (secondary N) is 1. The summed E-state index contributed by atoms with van der Waals surface area (Å²) in [6, 6.07) is 22.2. The Kier molecular flexibility index (Phi) is 4.94. The van der Waals surface area contributed by atoms with Crippen LogP contribution in [0.25, 0.3) is 16.8 Å². The summed E-state index contributed by atoms with van der Waals surface area (Å²) in [5.41, 5.74) is 2.09. The van der Waals surface area contributed by atoms with Gasteiger partial charge in [-0.1, -0.05) is 54.6 Å². The average Bonchev–Trinajstić information content (AvgIpc) is 3.00. The molecule has 0 atom stereocenters. The zero-order valence-corrected chi connectivity index (χ0v) is 15.3. The molecule has 0 radical (unpaired) electrons. The molecule has 27 heavy (non-hydrogen) atoms. The maximum Gasteiger partial charge on any atom is 0.290 e. The van der Waals surface area contributed by atoms with Crippen molar-refractivity contribution in [2.75, 3.05) is 6.61 Å². The number of fused-ring (bicyclic) bond motifs is 1. The zero-order valence-electron chi connectivity index (χ0n) is 14.5.